The van der Waals surface area contributed by atoms with E-state index < -0.39 is 0 Å². The number of anilines is 2. The Bertz CT molecular complexity index is 499. The zero-order valence-corrected chi connectivity index (χ0v) is 10.4. The molecule has 2 N–H and O–H groups in total. The van der Waals surface area contributed by atoms with Crippen LogP contribution in [-0.2, 0) is 6.54 Å². The Hall–Kier alpha value is -1.74. The highest BCUT2D eigenvalue weighted by atomic mass is 35.5. The molecule has 1 heterocycles. The van der Waals surface area contributed by atoms with Crippen LogP contribution in [0.4, 0.5) is 11.4 Å². The van der Waals surface area contributed by atoms with Crippen LogP contribution in [0.15, 0.2) is 42.6 Å². The maximum atomic E-state index is 5.97. The summed E-state index contributed by atoms with van der Waals surface area (Å²) in [7, 11) is 1.97. The van der Waals surface area contributed by atoms with Crippen LogP contribution >= 0.6 is 11.6 Å². The second-order valence-corrected chi connectivity index (χ2v) is 4.32. The number of hydrogen-bond donors (Lipinski definition) is 1. The van der Waals surface area contributed by atoms with Gasteiger partial charge in [-0.1, -0.05) is 17.7 Å². The number of aromatic nitrogens is 1. The molecular weight excluding hydrogens is 234 g/mol. The second kappa shape index (κ2) is 5.06. The molecule has 0 aliphatic rings. The number of nitrogens with two attached hydrogens (primary N) is 1. The van der Waals surface area contributed by atoms with Crippen LogP contribution in [0.25, 0.3) is 0 Å². The molecule has 3 nitrogen and oxygen atoms in total. The van der Waals surface area contributed by atoms with Crippen molar-refractivity contribution in [2.24, 2.45) is 0 Å². The minimum absolute atomic E-state index is 0.682. The number of benzene rings is 1. The number of halogens is 1. The van der Waals surface area contributed by atoms with Crippen molar-refractivity contribution in [1.29, 1.82) is 0 Å². The molecule has 0 radical (unpaired) electrons. The largest absolute Gasteiger partial charge is 0.397 e. The number of hydrogen-bond acceptors (Lipinski definition) is 3. The minimum atomic E-state index is 0.682. The lowest BCUT2D eigenvalue weighted by atomic mass is 10.2. The zero-order chi connectivity index (χ0) is 12.3. The standard InChI is InChI=1S/C13H14ClN3/c1-17(9-11-4-2-3-7-16-11)13-8-10(14)5-6-12(13)15/h2-8H,9,15H2,1H3. The molecular formula is C13H14ClN3. The quantitative estimate of drug-likeness (QED) is 0.848. The zero-order valence-electron chi connectivity index (χ0n) is 9.60. The minimum Gasteiger partial charge on any atom is -0.397 e. The van der Waals surface area contributed by atoms with Crippen LogP contribution in [0.1, 0.15) is 5.69 Å². The molecule has 2 aromatic rings. The van der Waals surface area contributed by atoms with Crippen molar-refractivity contribution in [2.45, 2.75) is 6.54 Å². The van der Waals surface area contributed by atoms with Crippen molar-refractivity contribution >= 4 is 23.0 Å². The highest BCUT2D eigenvalue weighted by Gasteiger charge is 2.07. The van der Waals surface area contributed by atoms with Crippen LogP contribution in [0.5, 0.6) is 0 Å². The van der Waals surface area contributed by atoms with Gasteiger partial charge in [0.15, 0.2) is 0 Å². The number of pyridine rings is 1. The molecule has 0 saturated carbocycles. The average molecular weight is 248 g/mol. The summed E-state index contributed by atoms with van der Waals surface area (Å²) in [6, 6.07) is 11.3. The Labute approximate surface area is 106 Å². The lowest BCUT2D eigenvalue weighted by molar-refractivity contribution is 0.886. The van der Waals surface area contributed by atoms with Crippen LogP contribution in [0, 0.1) is 0 Å². The Kier molecular flexibility index (Phi) is 3.49. The fourth-order valence-corrected chi connectivity index (χ4v) is 1.83. The van der Waals surface area contributed by atoms with Gasteiger partial charge in [-0.3, -0.25) is 4.98 Å². The molecule has 0 aliphatic carbocycles. The van der Waals surface area contributed by atoms with Gasteiger partial charge in [-0.05, 0) is 30.3 Å². The van der Waals surface area contributed by atoms with E-state index in [1.54, 1.807) is 12.3 Å². The summed E-state index contributed by atoms with van der Waals surface area (Å²) in [5.41, 5.74) is 8.55. The van der Waals surface area contributed by atoms with E-state index in [2.05, 4.69) is 4.98 Å². The van der Waals surface area contributed by atoms with Crippen molar-refractivity contribution in [2.75, 3.05) is 17.7 Å². The fraction of sp³-hybridized carbons (Fsp3) is 0.154. The maximum absolute atomic E-state index is 5.97. The lowest BCUT2D eigenvalue weighted by Crippen LogP contribution is -2.18. The van der Waals surface area contributed by atoms with Crippen molar-refractivity contribution in [3.63, 3.8) is 0 Å². The normalized spacial score (nSPS) is 10.2. The summed E-state index contributed by atoms with van der Waals surface area (Å²) >= 11 is 5.97. The summed E-state index contributed by atoms with van der Waals surface area (Å²) in [6.45, 7) is 0.700. The monoisotopic (exact) mass is 247 g/mol. The molecule has 2 rings (SSSR count). The van der Waals surface area contributed by atoms with Gasteiger partial charge in [0.25, 0.3) is 0 Å². The maximum Gasteiger partial charge on any atom is 0.0615 e. The van der Waals surface area contributed by atoms with Gasteiger partial charge in [-0.15, -0.1) is 0 Å². The summed E-state index contributed by atoms with van der Waals surface area (Å²) in [4.78, 5) is 6.31. The predicted molar refractivity (Wildman–Crippen MR) is 72.2 cm³/mol. The lowest BCUT2D eigenvalue weighted by Gasteiger charge is -2.20. The van der Waals surface area contributed by atoms with E-state index in [0.29, 0.717) is 17.3 Å². The molecule has 1 aromatic heterocycles. The molecule has 0 saturated heterocycles. The Balaban J connectivity index is 2.20. The highest BCUT2D eigenvalue weighted by Crippen LogP contribution is 2.26. The molecule has 88 valence electrons. The molecule has 0 spiro atoms. The molecule has 0 atom stereocenters. The smallest absolute Gasteiger partial charge is 0.0615 e. The van der Waals surface area contributed by atoms with E-state index in [-0.39, 0.29) is 0 Å². The third kappa shape index (κ3) is 2.88. The first-order chi connectivity index (χ1) is 8.16. The SMILES string of the molecule is CN(Cc1ccccn1)c1cc(Cl)ccc1N. The van der Waals surface area contributed by atoms with Crippen LogP contribution in [0.3, 0.4) is 0 Å². The Morgan fingerprint density at radius 1 is 1.29 bits per heavy atom. The van der Waals surface area contributed by atoms with Gasteiger partial charge in [-0.2, -0.15) is 0 Å². The van der Waals surface area contributed by atoms with E-state index in [0.717, 1.165) is 11.4 Å². The van der Waals surface area contributed by atoms with E-state index in [4.69, 9.17) is 17.3 Å². The predicted octanol–water partition coefficient (Wildman–Crippen LogP) is 2.95. The topological polar surface area (TPSA) is 42.2 Å². The first-order valence-electron chi connectivity index (χ1n) is 5.33. The van der Waals surface area contributed by atoms with E-state index in [9.17, 15) is 0 Å². The van der Waals surface area contributed by atoms with Crippen molar-refractivity contribution in [3.05, 3.63) is 53.3 Å². The molecule has 1 aromatic carbocycles. The van der Waals surface area contributed by atoms with Crippen molar-refractivity contribution < 1.29 is 0 Å². The van der Waals surface area contributed by atoms with Crippen LogP contribution < -0.4 is 10.6 Å². The van der Waals surface area contributed by atoms with Gasteiger partial charge in [0, 0.05) is 18.3 Å². The van der Waals surface area contributed by atoms with Gasteiger partial charge in [0.1, 0.15) is 0 Å². The molecule has 0 bridgehead atoms. The molecule has 4 heteroatoms. The fourth-order valence-electron chi connectivity index (χ4n) is 1.67. The van der Waals surface area contributed by atoms with E-state index >= 15 is 0 Å². The molecule has 0 amide bonds. The highest BCUT2D eigenvalue weighted by molar-refractivity contribution is 6.31. The van der Waals surface area contributed by atoms with Gasteiger partial charge < -0.3 is 10.6 Å². The van der Waals surface area contributed by atoms with E-state index in [1.807, 2.05) is 42.3 Å². The average Bonchev–Trinajstić information content (AvgIpc) is 2.33. The number of nitrogens with zero attached hydrogens (tertiary/aromatic N) is 2. The van der Waals surface area contributed by atoms with Gasteiger partial charge in [-0.25, -0.2) is 0 Å². The summed E-state index contributed by atoms with van der Waals surface area (Å²) in [5.74, 6) is 0. The molecule has 0 fully saturated rings. The second-order valence-electron chi connectivity index (χ2n) is 3.88. The summed E-state index contributed by atoms with van der Waals surface area (Å²) in [5, 5.41) is 0.682. The van der Waals surface area contributed by atoms with Gasteiger partial charge in [0.05, 0.1) is 23.6 Å². The number of nitrogen functional groups attached to an aromatic ring is 1. The molecule has 0 unspecified atom stereocenters. The Morgan fingerprint density at radius 2 is 2.12 bits per heavy atom. The summed E-state index contributed by atoms with van der Waals surface area (Å²) < 4.78 is 0. The van der Waals surface area contributed by atoms with Gasteiger partial charge >= 0.3 is 0 Å². The third-order valence-corrected chi connectivity index (χ3v) is 2.76. The van der Waals surface area contributed by atoms with Crippen LogP contribution in [0.2, 0.25) is 5.02 Å². The van der Waals surface area contributed by atoms with Crippen molar-refractivity contribution in [3.8, 4) is 0 Å². The number of rotatable bonds is 3. The Morgan fingerprint density at radius 3 is 2.82 bits per heavy atom. The molecule has 17 heavy (non-hydrogen) atoms. The first-order valence-corrected chi connectivity index (χ1v) is 5.70. The van der Waals surface area contributed by atoms with Crippen molar-refractivity contribution in [1.82, 2.24) is 4.98 Å². The first kappa shape index (κ1) is 11.7. The molecule has 0 aliphatic heterocycles. The van der Waals surface area contributed by atoms with Crippen LogP contribution in [-0.4, -0.2) is 12.0 Å². The van der Waals surface area contributed by atoms with E-state index in [1.165, 1.54) is 0 Å². The third-order valence-electron chi connectivity index (χ3n) is 2.53. The summed E-state index contributed by atoms with van der Waals surface area (Å²) in [6.07, 6.45) is 1.78. The van der Waals surface area contributed by atoms with Gasteiger partial charge in [0.2, 0.25) is 0 Å².